The number of amides is 3. The van der Waals surface area contributed by atoms with E-state index in [1.165, 1.54) is 0 Å². The van der Waals surface area contributed by atoms with E-state index in [1.54, 1.807) is 19.1 Å². The quantitative estimate of drug-likeness (QED) is 0.771. The first kappa shape index (κ1) is 19.1. The molecular formula is C18H28N4O3. The summed E-state index contributed by atoms with van der Waals surface area (Å²) in [6.07, 6.45) is 0. The molecule has 0 unspecified atom stereocenters. The van der Waals surface area contributed by atoms with E-state index in [1.807, 2.05) is 37.8 Å². The Morgan fingerprint density at radius 1 is 1.12 bits per heavy atom. The molecular weight excluding hydrogens is 320 g/mol. The Balaban J connectivity index is 1.86. The number of anilines is 1. The molecule has 1 aromatic rings. The highest BCUT2D eigenvalue weighted by atomic mass is 16.3. The number of nitrogens with zero attached hydrogens (tertiary/aromatic N) is 2. The van der Waals surface area contributed by atoms with Gasteiger partial charge < -0.3 is 15.3 Å². The van der Waals surface area contributed by atoms with E-state index in [0.29, 0.717) is 26.2 Å². The maximum absolute atomic E-state index is 12.3. The number of phenols is 1. The van der Waals surface area contributed by atoms with Crippen LogP contribution in [0.4, 0.5) is 10.5 Å². The van der Waals surface area contributed by atoms with Gasteiger partial charge in [0.1, 0.15) is 5.75 Å². The fraction of sp³-hybridized carbons (Fsp3) is 0.556. The van der Waals surface area contributed by atoms with E-state index in [0.717, 1.165) is 5.69 Å². The topological polar surface area (TPSA) is 84.9 Å². The Morgan fingerprint density at radius 2 is 1.72 bits per heavy atom. The van der Waals surface area contributed by atoms with Crippen molar-refractivity contribution in [2.24, 2.45) is 0 Å². The van der Waals surface area contributed by atoms with Crippen LogP contribution in [0.1, 0.15) is 27.7 Å². The summed E-state index contributed by atoms with van der Waals surface area (Å²) in [7, 11) is 0. The van der Waals surface area contributed by atoms with Crippen molar-refractivity contribution in [2.45, 2.75) is 39.3 Å². The van der Waals surface area contributed by atoms with E-state index in [4.69, 9.17) is 0 Å². The number of carbonyl (C=O) groups excluding carboxylic acids is 2. The molecule has 0 bridgehead atoms. The zero-order chi connectivity index (χ0) is 18.6. The van der Waals surface area contributed by atoms with Crippen LogP contribution in [-0.4, -0.2) is 59.7 Å². The molecule has 1 atom stereocenters. The van der Waals surface area contributed by atoms with Gasteiger partial charge in [-0.1, -0.05) is 12.1 Å². The molecule has 0 saturated carbocycles. The van der Waals surface area contributed by atoms with Gasteiger partial charge >= 0.3 is 6.03 Å². The molecule has 3 N–H and O–H groups in total. The standard InChI is InChI=1S/C18H28N4O3/c1-13(16(24)19-17(25)20-18(2,3)4)21-9-11-22(12-10-21)14-7-5-6-8-15(14)23/h5-8,13,23H,9-12H2,1-4H3,(H2,19,20,24,25)/t13-/m1/s1. The first-order valence-corrected chi connectivity index (χ1v) is 8.57. The lowest BCUT2D eigenvalue weighted by Gasteiger charge is -2.38. The van der Waals surface area contributed by atoms with Crippen LogP contribution >= 0.6 is 0 Å². The van der Waals surface area contributed by atoms with Gasteiger partial charge in [-0.15, -0.1) is 0 Å². The van der Waals surface area contributed by atoms with Gasteiger partial charge in [-0.25, -0.2) is 4.79 Å². The van der Waals surface area contributed by atoms with E-state index in [-0.39, 0.29) is 11.7 Å². The van der Waals surface area contributed by atoms with Crippen molar-refractivity contribution in [3.63, 3.8) is 0 Å². The largest absolute Gasteiger partial charge is 0.506 e. The smallest absolute Gasteiger partial charge is 0.321 e. The van der Waals surface area contributed by atoms with Gasteiger partial charge in [0, 0.05) is 31.7 Å². The zero-order valence-corrected chi connectivity index (χ0v) is 15.4. The van der Waals surface area contributed by atoms with Crippen molar-refractivity contribution in [3.8, 4) is 5.75 Å². The van der Waals surface area contributed by atoms with Crippen LogP contribution in [-0.2, 0) is 4.79 Å². The summed E-state index contributed by atoms with van der Waals surface area (Å²) in [6.45, 7) is 10.2. The van der Waals surface area contributed by atoms with E-state index in [9.17, 15) is 14.7 Å². The lowest BCUT2D eigenvalue weighted by molar-refractivity contribution is -0.124. The molecule has 1 aliphatic heterocycles. The zero-order valence-electron chi connectivity index (χ0n) is 15.4. The molecule has 3 amide bonds. The molecule has 138 valence electrons. The third-order valence-electron chi connectivity index (χ3n) is 4.19. The van der Waals surface area contributed by atoms with E-state index >= 15 is 0 Å². The number of carbonyl (C=O) groups is 2. The highest BCUT2D eigenvalue weighted by Gasteiger charge is 2.27. The number of rotatable bonds is 3. The Hall–Kier alpha value is -2.28. The average Bonchev–Trinajstić information content (AvgIpc) is 2.53. The maximum Gasteiger partial charge on any atom is 0.321 e. The summed E-state index contributed by atoms with van der Waals surface area (Å²) in [6, 6.07) is 6.38. The van der Waals surface area contributed by atoms with E-state index < -0.39 is 17.6 Å². The first-order chi connectivity index (χ1) is 11.7. The first-order valence-electron chi connectivity index (χ1n) is 8.57. The van der Waals surface area contributed by atoms with Crippen LogP contribution in [0.5, 0.6) is 5.75 Å². The Kier molecular flexibility index (Phi) is 5.89. The van der Waals surface area contributed by atoms with Gasteiger partial charge in [0.05, 0.1) is 11.7 Å². The Morgan fingerprint density at radius 3 is 2.28 bits per heavy atom. The summed E-state index contributed by atoms with van der Waals surface area (Å²) in [5, 5.41) is 15.1. The van der Waals surface area contributed by atoms with Crippen molar-refractivity contribution in [1.29, 1.82) is 0 Å². The van der Waals surface area contributed by atoms with Gasteiger partial charge in [0.15, 0.2) is 0 Å². The normalized spacial score (nSPS) is 17.0. The predicted molar refractivity (Wildman–Crippen MR) is 97.8 cm³/mol. The van der Waals surface area contributed by atoms with Crippen LogP contribution in [0.3, 0.4) is 0 Å². The summed E-state index contributed by atoms with van der Waals surface area (Å²) in [5.41, 5.74) is 0.417. The SMILES string of the molecule is C[C@H](C(=O)NC(=O)NC(C)(C)C)N1CCN(c2ccccc2O)CC1. The Labute approximate surface area is 149 Å². The molecule has 0 spiro atoms. The molecule has 2 rings (SSSR count). The fourth-order valence-electron chi connectivity index (χ4n) is 2.84. The van der Waals surface area contributed by atoms with Crippen LogP contribution in [0, 0.1) is 0 Å². The molecule has 1 aromatic carbocycles. The van der Waals surface area contributed by atoms with Crippen LogP contribution in [0.15, 0.2) is 24.3 Å². The number of nitrogens with one attached hydrogen (secondary N) is 2. The second-order valence-electron chi connectivity index (χ2n) is 7.38. The predicted octanol–water partition coefficient (Wildman–Crippen LogP) is 1.53. The monoisotopic (exact) mass is 348 g/mol. The number of phenolic OH excluding ortho intramolecular Hbond substituents is 1. The van der Waals surface area contributed by atoms with Crippen molar-refractivity contribution >= 4 is 17.6 Å². The van der Waals surface area contributed by atoms with Crippen LogP contribution in [0.25, 0.3) is 0 Å². The fourth-order valence-corrected chi connectivity index (χ4v) is 2.84. The maximum atomic E-state index is 12.3. The van der Waals surface area contributed by atoms with Crippen molar-refractivity contribution < 1.29 is 14.7 Å². The number of hydrogen-bond acceptors (Lipinski definition) is 5. The average molecular weight is 348 g/mol. The number of aromatic hydroxyl groups is 1. The second-order valence-corrected chi connectivity index (χ2v) is 7.38. The number of urea groups is 1. The second kappa shape index (κ2) is 7.74. The molecule has 25 heavy (non-hydrogen) atoms. The molecule has 7 nitrogen and oxygen atoms in total. The molecule has 1 aliphatic rings. The lowest BCUT2D eigenvalue weighted by Crippen LogP contribution is -2.56. The molecule has 0 radical (unpaired) electrons. The van der Waals surface area contributed by atoms with Crippen molar-refractivity contribution in [3.05, 3.63) is 24.3 Å². The highest BCUT2D eigenvalue weighted by Crippen LogP contribution is 2.27. The molecule has 1 saturated heterocycles. The highest BCUT2D eigenvalue weighted by molar-refractivity contribution is 5.97. The minimum absolute atomic E-state index is 0.264. The number of para-hydroxylation sites is 2. The molecule has 0 aliphatic carbocycles. The number of imide groups is 1. The Bertz CT molecular complexity index is 619. The van der Waals surface area contributed by atoms with Crippen molar-refractivity contribution in [1.82, 2.24) is 15.5 Å². The molecule has 1 heterocycles. The van der Waals surface area contributed by atoms with Gasteiger partial charge in [-0.2, -0.15) is 0 Å². The summed E-state index contributed by atoms with van der Waals surface area (Å²) >= 11 is 0. The van der Waals surface area contributed by atoms with Crippen LogP contribution in [0.2, 0.25) is 0 Å². The van der Waals surface area contributed by atoms with Gasteiger partial charge in [0.2, 0.25) is 5.91 Å². The lowest BCUT2D eigenvalue weighted by atomic mass is 10.1. The number of benzene rings is 1. The number of hydrogen-bond donors (Lipinski definition) is 3. The summed E-state index contributed by atoms with van der Waals surface area (Å²) < 4.78 is 0. The van der Waals surface area contributed by atoms with Crippen molar-refractivity contribution in [2.75, 3.05) is 31.1 Å². The third kappa shape index (κ3) is 5.35. The van der Waals surface area contributed by atoms with E-state index in [2.05, 4.69) is 15.5 Å². The van der Waals surface area contributed by atoms with Gasteiger partial charge in [-0.05, 0) is 39.8 Å². The molecule has 7 heteroatoms. The minimum atomic E-state index is -0.475. The van der Waals surface area contributed by atoms with Crippen LogP contribution < -0.4 is 15.5 Å². The summed E-state index contributed by atoms with van der Waals surface area (Å²) in [4.78, 5) is 28.2. The summed E-state index contributed by atoms with van der Waals surface area (Å²) in [5.74, 6) is -0.0432. The molecule has 1 fully saturated rings. The number of piperazine rings is 1. The molecule has 0 aromatic heterocycles. The van der Waals surface area contributed by atoms with Gasteiger partial charge in [-0.3, -0.25) is 15.0 Å². The van der Waals surface area contributed by atoms with Gasteiger partial charge in [0.25, 0.3) is 0 Å². The third-order valence-corrected chi connectivity index (χ3v) is 4.19. The minimum Gasteiger partial charge on any atom is -0.506 e.